The molecule has 0 aliphatic carbocycles. The number of nitrogens with zero attached hydrogens (tertiary/aromatic N) is 2. The topological polar surface area (TPSA) is 71.5 Å². The average Bonchev–Trinajstić information content (AvgIpc) is 2.64. The maximum Gasteiger partial charge on any atom is 0.270 e. The summed E-state index contributed by atoms with van der Waals surface area (Å²) in [5.74, 6) is -0.749. The van der Waals surface area contributed by atoms with Crippen molar-refractivity contribution in [3.05, 3.63) is 54.1 Å². The van der Waals surface area contributed by atoms with Gasteiger partial charge in [-0.15, -0.1) is 0 Å². The third-order valence-electron chi connectivity index (χ3n) is 4.09. The van der Waals surface area contributed by atoms with Crippen LogP contribution in [0, 0.1) is 5.82 Å². The van der Waals surface area contributed by atoms with Gasteiger partial charge in [0.25, 0.3) is 5.91 Å². The Hall–Kier alpha value is -2.96. The predicted octanol–water partition coefficient (Wildman–Crippen LogP) is 2.15. The molecule has 1 aliphatic heterocycles. The molecule has 2 amide bonds. The van der Waals surface area contributed by atoms with E-state index in [4.69, 9.17) is 4.74 Å². The van der Waals surface area contributed by atoms with Gasteiger partial charge >= 0.3 is 0 Å². The van der Waals surface area contributed by atoms with Crippen LogP contribution < -0.4 is 15.0 Å². The normalized spacial score (nSPS) is 17.3. The lowest BCUT2D eigenvalue weighted by Crippen LogP contribution is -2.52. The number of carbonyl (C=O) groups excluding carboxylic acids is 2. The number of methoxy groups -OCH3 is 1. The van der Waals surface area contributed by atoms with Crippen molar-refractivity contribution >= 4 is 17.5 Å². The molecule has 0 bridgehead atoms. The van der Waals surface area contributed by atoms with Crippen LogP contribution in [-0.4, -0.2) is 36.5 Å². The first-order valence-electron chi connectivity index (χ1n) is 7.97. The van der Waals surface area contributed by atoms with E-state index in [1.807, 2.05) is 0 Å². The number of nitrogens with one attached hydrogen (secondary N) is 1. The highest BCUT2D eigenvalue weighted by molar-refractivity contribution is 6.02. The van der Waals surface area contributed by atoms with Crippen molar-refractivity contribution in [2.45, 2.75) is 18.9 Å². The van der Waals surface area contributed by atoms with Gasteiger partial charge in [0, 0.05) is 18.8 Å². The van der Waals surface area contributed by atoms with E-state index in [9.17, 15) is 14.0 Å². The third-order valence-corrected chi connectivity index (χ3v) is 4.09. The quantitative estimate of drug-likeness (QED) is 0.923. The van der Waals surface area contributed by atoms with Crippen molar-refractivity contribution in [2.24, 2.45) is 0 Å². The van der Waals surface area contributed by atoms with Gasteiger partial charge in [-0.05, 0) is 31.0 Å². The van der Waals surface area contributed by atoms with Gasteiger partial charge in [0.1, 0.15) is 23.3 Å². The van der Waals surface area contributed by atoms with Crippen molar-refractivity contribution in [2.75, 3.05) is 18.6 Å². The number of aromatic nitrogens is 1. The molecule has 1 fully saturated rings. The van der Waals surface area contributed by atoms with Crippen LogP contribution in [0.3, 0.4) is 0 Å². The molecule has 0 saturated carbocycles. The summed E-state index contributed by atoms with van der Waals surface area (Å²) < 4.78 is 19.0. The number of hydrogen-bond acceptors (Lipinski definition) is 4. The van der Waals surface area contributed by atoms with Crippen LogP contribution in [0.15, 0.2) is 42.6 Å². The van der Waals surface area contributed by atoms with E-state index in [1.54, 1.807) is 24.3 Å². The van der Waals surface area contributed by atoms with E-state index in [-0.39, 0.29) is 17.3 Å². The molecule has 1 atom stereocenters. The summed E-state index contributed by atoms with van der Waals surface area (Å²) in [7, 11) is 1.49. The van der Waals surface area contributed by atoms with Gasteiger partial charge in [0.2, 0.25) is 5.91 Å². The van der Waals surface area contributed by atoms with Gasteiger partial charge in [-0.1, -0.05) is 12.1 Å². The Morgan fingerprint density at radius 1 is 1.36 bits per heavy atom. The summed E-state index contributed by atoms with van der Waals surface area (Å²) in [6.07, 6.45) is 2.62. The van der Waals surface area contributed by atoms with Crippen LogP contribution in [0.4, 0.5) is 10.1 Å². The molecule has 0 spiro atoms. The largest absolute Gasteiger partial charge is 0.497 e. The standard InChI is InChI=1S/C18H18FN3O3/c1-25-12-8-9-20-15(11-12)17(23)21-14-6-4-10-22(18(14)24)16-7-3-2-5-13(16)19/h2-3,5,7-9,11,14H,4,6,10H2,1H3,(H,21,23). The third kappa shape index (κ3) is 3.60. The van der Waals surface area contributed by atoms with E-state index < -0.39 is 17.8 Å². The van der Waals surface area contributed by atoms with E-state index in [0.29, 0.717) is 25.1 Å². The number of amides is 2. The molecule has 1 aromatic carbocycles. The van der Waals surface area contributed by atoms with Crippen LogP contribution in [0.25, 0.3) is 0 Å². The highest BCUT2D eigenvalue weighted by Crippen LogP contribution is 2.24. The molecule has 1 N–H and O–H groups in total. The molecular formula is C18H18FN3O3. The highest BCUT2D eigenvalue weighted by atomic mass is 19.1. The van der Waals surface area contributed by atoms with Crippen molar-refractivity contribution in [3.8, 4) is 5.75 Å². The Balaban J connectivity index is 1.75. The van der Waals surface area contributed by atoms with E-state index >= 15 is 0 Å². The zero-order valence-electron chi connectivity index (χ0n) is 13.7. The second kappa shape index (κ2) is 7.29. The van der Waals surface area contributed by atoms with Gasteiger partial charge in [-0.25, -0.2) is 4.39 Å². The molecule has 1 unspecified atom stereocenters. The Labute approximate surface area is 144 Å². The molecule has 0 radical (unpaired) electrons. The summed E-state index contributed by atoms with van der Waals surface area (Å²) >= 11 is 0. The number of hydrogen-bond donors (Lipinski definition) is 1. The number of ether oxygens (including phenoxy) is 1. The maximum absolute atomic E-state index is 14.0. The molecule has 1 saturated heterocycles. The second-order valence-corrected chi connectivity index (χ2v) is 5.69. The molecule has 6 nitrogen and oxygen atoms in total. The Kier molecular flexibility index (Phi) is 4.92. The Morgan fingerprint density at radius 3 is 2.92 bits per heavy atom. The van der Waals surface area contributed by atoms with Gasteiger partial charge in [-0.2, -0.15) is 0 Å². The smallest absolute Gasteiger partial charge is 0.270 e. The second-order valence-electron chi connectivity index (χ2n) is 5.69. The van der Waals surface area contributed by atoms with Crippen molar-refractivity contribution in [1.82, 2.24) is 10.3 Å². The lowest BCUT2D eigenvalue weighted by atomic mass is 10.0. The van der Waals surface area contributed by atoms with Crippen LogP contribution >= 0.6 is 0 Å². The summed E-state index contributed by atoms with van der Waals surface area (Å²) in [5.41, 5.74) is 0.390. The number of carbonyl (C=O) groups is 2. The zero-order chi connectivity index (χ0) is 17.8. The fourth-order valence-corrected chi connectivity index (χ4v) is 2.81. The number of rotatable bonds is 4. The number of halogens is 1. The van der Waals surface area contributed by atoms with Crippen molar-refractivity contribution in [1.29, 1.82) is 0 Å². The van der Waals surface area contributed by atoms with Gasteiger partial charge in [0.05, 0.1) is 12.8 Å². The molecule has 2 aromatic rings. The number of benzene rings is 1. The highest BCUT2D eigenvalue weighted by Gasteiger charge is 2.32. The first-order valence-corrected chi connectivity index (χ1v) is 7.97. The zero-order valence-corrected chi connectivity index (χ0v) is 13.7. The monoisotopic (exact) mass is 343 g/mol. The molecule has 2 heterocycles. The molecule has 1 aromatic heterocycles. The van der Waals surface area contributed by atoms with Gasteiger partial charge < -0.3 is 15.0 Å². The molecule has 130 valence electrons. The number of para-hydroxylation sites is 1. The van der Waals surface area contributed by atoms with Crippen LogP contribution in [0.5, 0.6) is 5.75 Å². The van der Waals surface area contributed by atoms with E-state index in [1.165, 1.54) is 30.3 Å². The predicted molar refractivity (Wildman–Crippen MR) is 90.0 cm³/mol. The lowest BCUT2D eigenvalue weighted by molar-refractivity contribution is -0.121. The fraction of sp³-hybridized carbons (Fsp3) is 0.278. The van der Waals surface area contributed by atoms with Crippen LogP contribution in [0.2, 0.25) is 0 Å². The summed E-state index contributed by atoms with van der Waals surface area (Å²) in [5, 5.41) is 2.68. The van der Waals surface area contributed by atoms with Crippen molar-refractivity contribution < 1.29 is 18.7 Å². The maximum atomic E-state index is 14.0. The number of piperidine rings is 1. The molecular weight excluding hydrogens is 325 g/mol. The minimum Gasteiger partial charge on any atom is -0.497 e. The van der Waals surface area contributed by atoms with Gasteiger partial charge in [0.15, 0.2) is 0 Å². The summed E-state index contributed by atoms with van der Waals surface area (Å²) in [4.78, 5) is 30.4. The molecule has 3 rings (SSSR count). The summed E-state index contributed by atoms with van der Waals surface area (Å²) in [6, 6.07) is 8.52. The Bertz CT molecular complexity index is 797. The number of pyridine rings is 1. The minimum absolute atomic E-state index is 0.162. The van der Waals surface area contributed by atoms with E-state index in [0.717, 1.165) is 0 Å². The molecule has 25 heavy (non-hydrogen) atoms. The lowest BCUT2D eigenvalue weighted by Gasteiger charge is -2.32. The van der Waals surface area contributed by atoms with E-state index in [2.05, 4.69) is 10.3 Å². The van der Waals surface area contributed by atoms with Crippen LogP contribution in [-0.2, 0) is 4.79 Å². The van der Waals surface area contributed by atoms with Crippen molar-refractivity contribution in [3.63, 3.8) is 0 Å². The minimum atomic E-state index is -0.714. The number of anilines is 1. The van der Waals surface area contributed by atoms with Crippen LogP contribution in [0.1, 0.15) is 23.3 Å². The first-order chi connectivity index (χ1) is 12.1. The average molecular weight is 343 g/mol. The first kappa shape index (κ1) is 16.9. The Morgan fingerprint density at radius 2 is 2.16 bits per heavy atom. The summed E-state index contributed by atoms with van der Waals surface area (Å²) in [6.45, 7) is 0.420. The fourth-order valence-electron chi connectivity index (χ4n) is 2.81. The van der Waals surface area contributed by atoms with Gasteiger partial charge in [-0.3, -0.25) is 14.6 Å². The molecule has 7 heteroatoms. The molecule has 1 aliphatic rings. The SMILES string of the molecule is COc1ccnc(C(=O)NC2CCCN(c3ccccc3F)C2=O)c1.